The minimum Gasteiger partial charge on any atom is -0.484 e. The summed E-state index contributed by atoms with van der Waals surface area (Å²) in [5, 5.41) is 3.53. The summed E-state index contributed by atoms with van der Waals surface area (Å²) in [5.74, 6) is 0.532. The summed E-state index contributed by atoms with van der Waals surface area (Å²) < 4.78 is 11.1. The molecule has 0 saturated carbocycles. The van der Waals surface area contributed by atoms with Gasteiger partial charge in [-0.2, -0.15) is 0 Å². The molecule has 1 saturated heterocycles. The maximum Gasteiger partial charge on any atom is 0.257 e. The third kappa shape index (κ3) is 6.77. The average Bonchev–Trinajstić information content (AvgIpc) is 2.50. The second-order valence-corrected chi connectivity index (χ2v) is 6.40. The number of morpholine rings is 1. The van der Waals surface area contributed by atoms with Gasteiger partial charge in [0.15, 0.2) is 6.61 Å². The molecule has 1 aromatic carbocycles. The Morgan fingerprint density at radius 1 is 1.30 bits per heavy atom. The van der Waals surface area contributed by atoms with Gasteiger partial charge in [0.05, 0.1) is 12.2 Å². The van der Waals surface area contributed by atoms with Crippen LogP contribution in [-0.4, -0.2) is 55.8 Å². The fourth-order valence-electron chi connectivity index (χ4n) is 2.73. The third-order valence-corrected chi connectivity index (χ3v) is 3.90. The van der Waals surface area contributed by atoms with E-state index >= 15 is 0 Å². The predicted molar refractivity (Wildman–Crippen MR) is 91.0 cm³/mol. The summed E-state index contributed by atoms with van der Waals surface area (Å²) in [5.41, 5.74) is 0. The van der Waals surface area contributed by atoms with Gasteiger partial charge >= 0.3 is 0 Å². The summed E-state index contributed by atoms with van der Waals surface area (Å²) in [6, 6.07) is 6.96. The van der Waals surface area contributed by atoms with E-state index in [1.165, 1.54) is 0 Å². The molecule has 1 fully saturated rings. The van der Waals surface area contributed by atoms with Crippen LogP contribution in [0.4, 0.5) is 0 Å². The zero-order valence-electron chi connectivity index (χ0n) is 13.8. The second-order valence-electron chi connectivity index (χ2n) is 5.96. The molecule has 1 aromatic rings. The maximum atomic E-state index is 11.7. The largest absolute Gasteiger partial charge is 0.484 e. The fraction of sp³-hybridized carbons (Fsp3) is 0.588. The smallest absolute Gasteiger partial charge is 0.257 e. The van der Waals surface area contributed by atoms with Gasteiger partial charge in [-0.3, -0.25) is 9.69 Å². The minimum atomic E-state index is -0.108. The van der Waals surface area contributed by atoms with Gasteiger partial charge in [-0.25, -0.2) is 0 Å². The van der Waals surface area contributed by atoms with Crippen LogP contribution in [0.15, 0.2) is 24.3 Å². The zero-order valence-corrected chi connectivity index (χ0v) is 14.5. The number of halogens is 1. The minimum absolute atomic E-state index is 0.0211. The number of hydrogen-bond acceptors (Lipinski definition) is 4. The molecule has 0 aliphatic carbocycles. The Labute approximate surface area is 142 Å². The van der Waals surface area contributed by atoms with Crippen LogP contribution in [0.5, 0.6) is 5.75 Å². The van der Waals surface area contributed by atoms with Crippen LogP contribution in [0.2, 0.25) is 5.02 Å². The van der Waals surface area contributed by atoms with Crippen LogP contribution in [0, 0.1) is 0 Å². The highest BCUT2D eigenvalue weighted by Crippen LogP contribution is 2.15. The molecule has 0 radical (unpaired) electrons. The summed E-state index contributed by atoms with van der Waals surface area (Å²) in [7, 11) is 0. The van der Waals surface area contributed by atoms with Crippen molar-refractivity contribution in [3.63, 3.8) is 0 Å². The number of hydrogen-bond donors (Lipinski definition) is 1. The molecule has 0 unspecified atom stereocenters. The number of carbonyl (C=O) groups excluding carboxylic acids is 1. The van der Waals surface area contributed by atoms with Crippen LogP contribution >= 0.6 is 11.6 Å². The average molecular weight is 341 g/mol. The molecule has 5 nitrogen and oxygen atoms in total. The molecule has 1 aliphatic rings. The van der Waals surface area contributed by atoms with Crippen molar-refractivity contribution in [2.24, 2.45) is 0 Å². The van der Waals surface area contributed by atoms with E-state index in [4.69, 9.17) is 21.1 Å². The maximum absolute atomic E-state index is 11.7. The number of carbonyl (C=O) groups is 1. The lowest BCUT2D eigenvalue weighted by Gasteiger charge is -2.35. The van der Waals surface area contributed by atoms with E-state index in [-0.39, 0.29) is 24.7 Å². The molecule has 1 amide bonds. The first-order chi connectivity index (χ1) is 11.0. The van der Waals surface area contributed by atoms with Gasteiger partial charge in [0, 0.05) is 31.2 Å². The van der Waals surface area contributed by atoms with Gasteiger partial charge in [0.25, 0.3) is 5.91 Å². The molecular formula is C17H25ClN2O3. The monoisotopic (exact) mass is 340 g/mol. The lowest BCUT2D eigenvalue weighted by molar-refractivity contribution is -0.123. The Bertz CT molecular complexity index is 485. The molecule has 0 bridgehead atoms. The first kappa shape index (κ1) is 18.0. The van der Waals surface area contributed by atoms with E-state index < -0.39 is 0 Å². The summed E-state index contributed by atoms with van der Waals surface area (Å²) in [6.45, 7) is 7.75. The third-order valence-electron chi connectivity index (χ3n) is 3.65. The van der Waals surface area contributed by atoms with Crippen LogP contribution in [0.25, 0.3) is 0 Å². The molecular weight excluding hydrogens is 316 g/mol. The van der Waals surface area contributed by atoms with Crippen molar-refractivity contribution in [2.75, 3.05) is 32.8 Å². The highest BCUT2D eigenvalue weighted by atomic mass is 35.5. The highest BCUT2D eigenvalue weighted by molar-refractivity contribution is 6.30. The Morgan fingerprint density at radius 3 is 2.61 bits per heavy atom. The molecule has 6 heteroatoms. The molecule has 23 heavy (non-hydrogen) atoms. The lowest BCUT2D eigenvalue weighted by atomic mass is 10.2. The van der Waals surface area contributed by atoms with Crippen molar-refractivity contribution in [1.82, 2.24) is 10.2 Å². The van der Waals surface area contributed by atoms with Gasteiger partial charge in [0.1, 0.15) is 5.75 Å². The van der Waals surface area contributed by atoms with Crippen LogP contribution in [0.3, 0.4) is 0 Å². The van der Waals surface area contributed by atoms with Crippen molar-refractivity contribution < 1.29 is 14.3 Å². The first-order valence-corrected chi connectivity index (χ1v) is 8.43. The van der Waals surface area contributed by atoms with Crippen LogP contribution in [-0.2, 0) is 9.53 Å². The van der Waals surface area contributed by atoms with Crippen molar-refractivity contribution in [3.05, 3.63) is 29.3 Å². The molecule has 128 valence electrons. The Kier molecular flexibility index (Phi) is 7.15. The topological polar surface area (TPSA) is 50.8 Å². The van der Waals surface area contributed by atoms with Crippen LogP contribution in [0.1, 0.15) is 20.3 Å². The number of ether oxygens (including phenoxy) is 2. The molecule has 0 spiro atoms. The molecule has 1 heterocycles. The molecule has 1 N–H and O–H groups in total. The van der Waals surface area contributed by atoms with E-state index in [1.54, 1.807) is 24.3 Å². The Morgan fingerprint density at radius 2 is 1.96 bits per heavy atom. The molecule has 0 aromatic heterocycles. The van der Waals surface area contributed by atoms with Crippen LogP contribution < -0.4 is 10.1 Å². The van der Waals surface area contributed by atoms with Gasteiger partial charge in [-0.05, 0) is 44.5 Å². The standard InChI is InChI=1S/C17H25ClN2O3/c1-13-10-20(11-14(2)23-13)9-3-8-19-17(21)12-22-16-6-4-15(18)5-7-16/h4-7,13-14H,3,8-12H2,1-2H3,(H,19,21)/t13-,14-/m1/s1. The number of amides is 1. The van der Waals surface area contributed by atoms with Crippen molar-refractivity contribution >= 4 is 17.5 Å². The number of rotatable bonds is 7. The quantitative estimate of drug-likeness (QED) is 0.774. The Balaban J connectivity index is 1.57. The van der Waals surface area contributed by atoms with E-state index in [0.717, 1.165) is 26.1 Å². The second kappa shape index (κ2) is 9.11. The predicted octanol–water partition coefficient (Wildman–Crippen LogP) is 2.33. The van der Waals surface area contributed by atoms with E-state index in [0.29, 0.717) is 17.3 Å². The van der Waals surface area contributed by atoms with E-state index in [1.807, 2.05) is 0 Å². The molecule has 1 aliphatic heterocycles. The van der Waals surface area contributed by atoms with Crippen molar-refractivity contribution in [2.45, 2.75) is 32.5 Å². The van der Waals surface area contributed by atoms with Crippen molar-refractivity contribution in [1.29, 1.82) is 0 Å². The van der Waals surface area contributed by atoms with Crippen molar-refractivity contribution in [3.8, 4) is 5.75 Å². The highest BCUT2D eigenvalue weighted by Gasteiger charge is 2.21. The number of nitrogens with zero attached hydrogens (tertiary/aromatic N) is 1. The SMILES string of the molecule is C[C@@H]1CN(CCCNC(=O)COc2ccc(Cl)cc2)C[C@@H](C)O1. The number of nitrogens with one attached hydrogen (secondary N) is 1. The van der Waals surface area contributed by atoms with E-state index in [9.17, 15) is 4.79 Å². The normalized spacial score (nSPS) is 21.9. The lowest BCUT2D eigenvalue weighted by Crippen LogP contribution is -2.46. The van der Waals surface area contributed by atoms with E-state index in [2.05, 4.69) is 24.1 Å². The van der Waals surface area contributed by atoms with Gasteiger partial charge in [0.2, 0.25) is 0 Å². The number of benzene rings is 1. The van der Waals surface area contributed by atoms with Gasteiger partial charge in [-0.1, -0.05) is 11.6 Å². The Hall–Kier alpha value is -1.30. The zero-order chi connectivity index (χ0) is 16.7. The summed E-state index contributed by atoms with van der Waals surface area (Å²) in [6.07, 6.45) is 1.48. The first-order valence-electron chi connectivity index (χ1n) is 8.06. The van der Waals surface area contributed by atoms with Gasteiger partial charge < -0.3 is 14.8 Å². The summed E-state index contributed by atoms with van der Waals surface area (Å²) in [4.78, 5) is 14.1. The molecule has 2 atom stereocenters. The fourth-order valence-corrected chi connectivity index (χ4v) is 2.85. The van der Waals surface area contributed by atoms with Gasteiger partial charge in [-0.15, -0.1) is 0 Å². The molecule has 2 rings (SSSR count). The summed E-state index contributed by atoms with van der Waals surface area (Å²) >= 11 is 5.79.